The van der Waals surface area contributed by atoms with E-state index in [0.717, 1.165) is 37.9 Å². The topological polar surface area (TPSA) is 88.8 Å². The summed E-state index contributed by atoms with van der Waals surface area (Å²) in [6, 6.07) is 7.88. The molecule has 0 bridgehead atoms. The number of rotatable bonds is 6. The zero-order chi connectivity index (χ0) is 25.8. The number of fused-ring (bicyclic) bond motifs is 1. The van der Waals surface area contributed by atoms with Crippen molar-refractivity contribution in [2.24, 2.45) is 5.92 Å². The van der Waals surface area contributed by atoms with E-state index in [1.165, 1.54) is 18.2 Å². The lowest BCUT2D eigenvalue weighted by atomic mass is 10.1. The Morgan fingerprint density at radius 2 is 2.00 bits per heavy atom. The van der Waals surface area contributed by atoms with Crippen LogP contribution in [0.1, 0.15) is 69.6 Å². The van der Waals surface area contributed by atoms with Gasteiger partial charge in [0.1, 0.15) is 11.5 Å². The second kappa shape index (κ2) is 11.1. The molecule has 9 heteroatoms. The second-order valence-corrected chi connectivity index (χ2v) is 9.79. The maximum absolute atomic E-state index is 14.8. The SMILES string of the molecule is CCc1cc(C(=O)N2CCCCCC2C)nc2cc(-c3cc(NC(=O)OCC(C)C)ccc3F)nn12. The first-order valence-corrected chi connectivity index (χ1v) is 12.7. The first-order chi connectivity index (χ1) is 17.3. The summed E-state index contributed by atoms with van der Waals surface area (Å²) in [6.07, 6.45) is 4.25. The summed E-state index contributed by atoms with van der Waals surface area (Å²) < 4.78 is 21.6. The highest BCUT2D eigenvalue weighted by molar-refractivity contribution is 5.93. The minimum Gasteiger partial charge on any atom is -0.449 e. The standard InChI is InChI=1S/C27H34FN5O3/c1-5-20-14-24(26(34)32-12-8-6-7-9-18(32)4)30-25-15-23(31-33(20)25)21-13-19(10-11-22(21)28)29-27(35)36-16-17(2)3/h10-11,13-15,17-18H,5-9,12,16H2,1-4H3,(H,29,35). The highest BCUT2D eigenvalue weighted by atomic mass is 19.1. The Bertz CT molecular complexity index is 1260. The van der Waals surface area contributed by atoms with E-state index in [1.54, 1.807) is 16.6 Å². The number of amides is 2. The number of aryl methyl sites for hydroxylation is 1. The molecule has 0 saturated carbocycles. The van der Waals surface area contributed by atoms with Gasteiger partial charge in [-0.2, -0.15) is 5.10 Å². The zero-order valence-corrected chi connectivity index (χ0v) is 21.4. The number of nitrogens with one attached hydrogen (secondary N) is 1. The number of halogens is 1. The Labute approximate surface area is 210 Å². The van der Waals surface area contributed by atoms with Crippen molar-refractivity contribution in [3.05, 3.63) is 47.5 Å². The molecule has 1 aliphatic heterocycles. The maximum atomic E-state index is 14.8. The molecule has 1 saturated heterocycles. The monoisotopic (exact) mass is 495 g/mol. The minimum absolute atomic E-state index is 0.0818. The van der Waals surface area contributed by atoms with Crippen LogP contribution in [0.4, 0.5) is 14.9 Å². The molecule has 0 spiro atoms. The summed E-state index contributed by atoms with van der Waals surface area (Å²) in [6.45, 7) is 8.96. The smallest absolute Gasteiger partial charge is 0.411 e. The van der Waals surface area contributed by atoms with Crippen LogP contribution >= 0.6 is 0 Å². The number of anilines is 1. The molecule has 4 rings (SSSR count). The van der Waals surface area contributed by atoms with Crippen LogP contribution < -0.4 is 5.32 Å². The van der Waals surface area contributed by atoms with Crippen LogP contribution in [0.2, 0.25) is 0 Å². The van der Waals surface area contributed by atoms with Gasteiger partial charge in [0.15, 0.2) is 5.65 Å². The van der Waals surface area contributed by atoms with Gasteiger partial charge in [-0.05, 0) is 56.4 Å². The Hall–Kier alpha value is -3.49. The van der Waals surface area contributed by atoms with Crippen LogP contribution in [0.5, 0.6) is 0 Å². The van der Waals surface area contributed by atoms with E-state index in [9.17, 15) is 14.0 Å². The molecule has 1 unspecified atom stereocenters. The second-order valence-electron chi connectivity index (χ2n) is 9.79. The van der Waals surface area contributed by atoms with Crippen molar-refractivity contribution in [1.82, 2.24) is 19.5 Å². The Kier molecular flexibility index (Phi) is 7.86. The number of likely N-dealkylation sites (tertiary alicyclic amines) is 1. The third-order valence-corrected chi connectivity index (χ3v) is 6.43. The lowest BCUT2D eigenvalue weighted by molar-refractivity contribution is 0.0691. The summed E-state index contributed by atoms with van der Waals surface area (Å²) in [5, 5.41) is 7.21. The molecule has 0 radical (unpaired) electrons. The quantitative estimate of drug-likeness (QED) is 0.473. The largest absolute Gasteiger partial charge is 0.449 e. The molecule has 2 amide bonds. The zero-order valence-electron chi connectivity index (χ0n) is 21.4. The van der Waals surface area contributed by atoms with Crippen LogP contribution in [0.25, 0.3) is 16.9 Å². The van der Waals surface area contributed by atoms with Gasteiger partial charge >= 0.3 is 6.09 Å². The van der Waals surface area contributed by atoms with Gasteiger partial charge in [-0.3, -0.25) is 10.1 Å². The summed E-state index contributed by atoms with van der Waals surface area (Å²) in [7, 11) is 0. The number of hydrogen-bond donors (Lipinski definition) is 1. The summed E-state index contributed by atoms with van der Waals surface area (Å²) in [5.41, 5.74) is 2.64. The van der Waals surface area contributed by atoms with Crippen molar-refractivity contribution in [1.29, 1.82) is 0 Å². The number of nitrogens with zero attached hydrogens (tertiary/aromatic N) is 4. The lowest BCUT2D eigenvalue weighted by Gasteiger charge is -2.27. The maximum Gasteiger partial charge on any atom is 0.411 e. The van der Waals surface area contributed by atoms with Crippen molar-refractivity contribution < 1.29 is 18.7 Å². The predicted octanol–water partition coefficient (Wildman–Crippen LogP) is 5.71. The average Bonchev–Trinajstić information content (AvgIpc) is 3.17. The van der Waals surface area contributed by atoms with Gasteiger partial charge in [-0.25, -0.2) is 18.7 Å². The van der Waals surface area contributed by atoms with E-state index in [0.29, 0.717) is 29.1 Å². The highest BCUT2D eigenvalue weighted by Gasteiger charge is 2.25. The number of carbonyl (C=O) groups excluding carboxylic acids is 2. The van der Waals surface area contributed by atoms with Crippen LogP contribution in [0, 0.1) is 11.7 Å². The van der Waals surface area contributed by atoms with E-state index in [-0.39, 0.29) is 30.0 Å². The van der Waals surface area contributed by atoms with Gasteiger partial charge in [0.05, 0.1) is 12.3 Å². The third kappa shape index (κ3) is 5.66. The Balaban J connectivity index is 1.65. The van der Waals surface area contributed by atoms with Gasteiger partial charge in [-0.15, -0.1) is 0 Å². The molecule has 36 heavy (non-hydrogen) atoms. The number of aromatic nitrogens is 3. The van der Waals surface area contributed by atoms with Gasteiger partial charge < -0.3 is 9.64 Å². The van der Waals surface area contributed by atoms with E-state index in [1.807, 2.05) is 25.7 Å². The fourth-order valence-electron chi connectivity index (χ4n) is 4.45. The van der Waals surface area contributed by atoms with Crippen LogP contribution in [0.3, 0.4) is 0 Å². The molecule has 1 fully saturated rings. The summed E-state index contributed by atoms with van der Waals surface area (Å²) in [4.78, 5) is 31.9. The molecule has 192 valence electrons. The summed E-state index contributed by atoms with van der Waals surface area (Å²) >= 11 is 0. The average molecular weight is 496 g/mol. The molecule has 0 aliphatic carbocycles. The van der Waals surface area contributed by atoms with E-state index in [2.05, 4.69) is 22.3 Å². The number of carbonyl (C=O) groups is 2. The number of benzene rings is 1. The molecular formula is C27H34FN5O3. The minimum atomic E-state index is -0.600. The van der Waals surface area contributed by atoms with Crippen molar-refractivity contribution in [2.45, 2.75) is 65.8 Å². The van der Waals surface area contributed by atoms with E-state index >= 15 is 0 Å². The number of hydrogen-bond acceptors (Lipinski definition) is 5. The molecule has 8 nitrogen and oxygen atoms in total. The third-order valence-electron chi connectivity index (χ3n) is 6.43. The Morgan fingerprint density at radius 1 is 1.19 bits per heavy atom. The molecule has 2 aromatic heterocycles. The molecule has 1 N–H and O–H groups in total. The summed E-state index contributed by atoms with van der Waals surface area (Å²) in [5.74, 6) is -0.356. The molecule has 1 atom stereocenters. The van der Waals surface area contributed by atoms with Crippen molar-refractivity contribution in [2.75, 3.05) is 18.5 Å². The van der Waals surface area contributed by atoms with Crippen molar-refractivity contribution >= 4 is 23.3 Å². The fourth-order valence-corrected chi connectivity index (χ4v) is 4.45. The van der Waals surface area contributed by atoms with Gasteiger partial charge in [0.2, 0.25) is 0 Å². The van der Waals surface area contributed by atoms with Gasteiger partial charge in [0.25, 0.3) is 5.91 Å². The predicted molar refractivity (Wildman–Crippen MR) is 137 cm³/mol. The molecule has 1 aromatic carbocycles. The molecule has 3 heterocycles. The van der Waals surface area contributed by atoms with Crippen molar-refractivity contribution in [3.63, 3.8) is 0 Å². The van der Waals surface area contributed by atoms with E-state index < -0.39 is 11.9 Å². The first-order valence-electron chi connectivity index (χ1n) is 12.7. The van der Waals surface area contributed by atoms with Crippen LogP contribution in [-0.4, -0.2) is 50.7 Å². The van der Waals surface area contributed by atoms with Crippen LogP contribution in [0.15, 0.2) is 30.3 Å². The highest BCUT2D eigenvalue weighted by Crippen LogP contribution is 2.27. The molecule has 1 aliphatic rings. The Morgan fingerprint density at radius 3 is 2.75 bits per heavy atom. The van der Waals surface area contributed by atoms with Gasteiger partial charge in [0, 0.05) is 35.6 Å². The van der Waals surface area contributed by atoms with Gasteiger partial charge in [-0.1, -0.05) is 33.6 Å². The molecular weight excluding hydrogens is 461 g/mol. The fraction of sp³-hybridized carbons (Fsp3) is 0.481. The normalized spacial score (nSPS) is 16.3. The van der Waals surface area contributed by atoms with E-state index in [4.69, 9.17) is 4.74 Å². The van der Waals surface area contributed by atoms with Crippen molar-refractivity contribution in [3.8, 4) is 11.3 Å². The lowest BCUT2D eigenvalue weighted by Crippen LogP contribution is -2.38. The first kappa shape index (κ1) is 25.6. The van der Waals surface area contributed by atoms with Crippen LogP contribution in [-0.2, 0) is 11.2 Å². The molecule has 3 aromatic rings. The number of ether oxygens (including phenoxy) is 1.